The average Bonchev–Trinajstić information content (AvgIpc) is 2.86. The van der Waals surface area contributed by atoms with Crippen molar-refractivity contribution >= 4 is 11.7 Å². The third-order valence-electron chi connectivity index (χ3n) is 2.99. The minimum atomic E-state index is -0.388. The van der Waals surface area contributed by atoms with Crippen LogP contribution >= 0.6 is 0 Å². The minimum absolute atomic E-state index is 0.388. The molecule has 0 radical (unpaired) electrons. The molecule has 0 aliphatic rings. The van der Waals surface area contributed by atoms with Crippen LogP contribution in [0.3, 0.4) is 0 Å². The van der Waals surface area contributed by atoms with Crippen LogP contribution in [0.1, 0.15) is 28.8 Å². The number of rotatable bonds is 6. The topological polar surface area (TPSA) is 60.7 Å². The summed E-state index contributed by atoms with van der Waals surface area (Å²) in [6.07, 6.45) is 0. The van der Waals surface area contributed by atoms with Crippen LogP contribution < -0.4 is 10.1 Å². The predicted octanol–water partition coefficient (Wildman–Crippen LogP) is 3.39. The number of furan rings is 1. The van der Waals surface area contributed by atoms with Gasteiger partial charge in [0.1, 0.15) is 22.8 Å². The van der Waals surface area contributed by atoms with Crippen molar-refractivity contribution in [3.63, 3.8) is 0 Å². The molecule has 2 rings (SSSR count). The standard InChI is InChI=1S/C16H19NO4/c1-4-20-13-7-5-6-12(8-13)17-10-14-9-15(11(2)21-14)16(18)19-3/h5-9,17H,4,10H2,1-3H3. The second-order valence-electron chi connectivity index (χ2n) is 4.49. The largest absolute Gasteiger partial charge is 0.494 e. The van der Waals surface area contributed by atoms with E-state index in [0.717, 1.165) is 11.4 Å². The Morgan fingerprint density at radius 2 is 2.14 bits per heavy atom. The van der Waals surface area contributed by atoms with Crippen LogP contribution in [0.2, 0.25) is 0 Å². The molecule has 0 saturated heterocycles. The summed E-state index contributed by atoms with van der Waals surface area (Å²) >= 11 is 0. The number of methoxy groups -OCH3 is 1. The molecule has 0 fully saturated rings. The Morgan fingerprint density at radius 1 is 1.33 bits per heavy atom. The van der Waals surface area contributed by atoms with Gasteiger partial charge in [-0.25, -0.2) is 4.79 Å². The van der Waals surface area contributed by atoms with E-state index < -0.39 is 0 Å². The van der Waals surface area contributed by atoms with Crippen LogP contribution in [0.15, 0.2) is 34.7 Å². The first kappa shape index (κ1) is 15.0. The number of ether oxygens (including phenoxy) is 2. The fourth-order valence-corrected chi connectivity index (χ4v) is 2.00. The van der Waals surface area contributed by atoms with Gasteiger partial charge < -0.3 is 19.2 Å². The van der Waals surface area contributed by atoms with Crippen molar-refractivity contribution in [2.45, 2.75) is 20.4 Å². The molecule has 0 bridgehead atoms. The van der Waals surface area contributed by atoms with E-state index in [1.807, 2.05) is 31.2 Å². The Hall–Kier alpha value is -2.43. The molecule has 0 unspecified atom stereocenters. The molecule has 0 amide bonds. The van der Waals surface area contributed by atoms with Crippen LogP contribution in [-0.4, -0.2) is 19.7 Å². The van der Waals surface area contributed by atoms with Gasteiger partial charge in [0, 0.05) is 11.8 Å². The first-order chi connectivity index (χ1) is 10.1. The zero-order valence-electron chi connectivity index (χ0n) is 12.4. The summed E-state index contributed by atoms with van der Waals surface area (Å²) in [5.41, 5.74) is 1.38. The maximum Gasteiger partial charge on any atom is 0.341 e. The van der Waals surface area contributed by atoms with E-state index in [4.69, 9.17) is 13.9 Å². The molecule has 2 aromatic rings. The van der Waals surface area contributed by atoms with E-state index in [-0.39, 0.29) is 5.97 Å². The fraction of sp³-hybridized carbons (Fsp3) is 0.312. The molecule has 1 aromatic heterocycles. The Balaban J connectivity index is 2.03. The number of hydrogen-bond donors (Lipinski definition) is 1. The Bertz CT molecular complexity index is 618. The first-order valence-electron chi connectivity index (χ1n) is 6.78. The maximum absolute atomic E-state index is 11.5. The molecule has 5 heteroatoms. The number of carbonyl (C=O) groups is 1. The molecule has 0 spiro atoms. The molecule has 1 N–H and O–H groups in total. The van der Waals surface area contributed by atoms with E-state index >= 15 is 0 Å². The second kappa shape index (κ2) is 6.83. The van der Waals surface area contributed by atoms with E-state index in [2.05, 4.69) is 5.32 Å². The summed E-state index contributed by atoms with van der Waals surface area (Å²) in [5.74, 6) is 1.66. The molecule has 21 heavy (non-hydrogen) atoms. The normalized spacial score (nSPS) is 10.2. The fourth-order valence-electron chi connectivity index (χ4n) is 2.00. The maximum atomic E-state index is 11.5. The van der Waals surface area contributed by atoms with E-state index in [9.17, 15) is 4.79 Å². The van der Waals surface area contributed by atoms with Gasteiger partial charge in [-0.15, -0.1) is 0 Å². The van der Waals surface area contributed by atoms with Crippen molar-refractivity contribution in [2.24, 2.45) is 0 Å². The van der Waals surface area contributed by atoms with Crippen molar-refractivity contribution in [1.29, 1.82) is 0 Å². The highest BCUT2D eigenvalue weighted by Crippen LogP contribution is 2.20. The van der Waals surface area contributed by atoms with Crippen LogP contribution in [0, 0.1) is 6.92 Å². The third kappa shape index (κ3) is 3.78. The molecular weight excluding hydrogens is 270 g/mol. The van der Waals surface area contributed by atoms with Crippen LogP contribution in [0.25, 0.3) is 0 Å². The van der Waals surface area contributed by atoms with Crippen LogP contribution in [0.5, 0.6) is 5.75 Å². The number of nitrogens with one attached hydrogen (secondary N) is 1. The zero-order valence-corrected chi connectivity index (χ0v) is 12.4. The van der Waals surface area contributed by atoms with Crippen molar-refractivity contribution in [3.8, 4) is 5.75 Å². The van der Waals surface area contributed by atoms with Gasteiger partial charge in [0.2, 0.25) is 0 Å². The number of anilines is 1. The molecular formula is C16H19NO4. The van der Waals surface area contributed by atoms with Crippen LogP contribution in [0.4, 0.5) is 5.69 Å². The molecule has 1 aromatic carbocycles. The molecule has 0 aliphatic carbocycles. The number of benzene rings is 1. The van der Waals surface area contributed by atoms with E-state index in [1.165, 1.54) is 7.11 Å². The molecule has 112 valence electrons. The summed E-state index contributed by atoms with van der Waals surface area (Å²) in [6.45, 7) is 4.79. The number of carbonyl (C=O) groups excluding carboxylic acids is 1. The quantitative estimate of drug-likeness (QED) is 0.826. The van der Waals surface area contributed by atoms with Gasteiger partial charge >= 0.3 is 5.97 Å². The lowest BCUT2D eigenvalue weighted by Gasteiger charge is -2.07. The van der Waals surface area contributed by atoms with E-state index in [1.54, 1.807) is 13.0 Å². The third-order valence-corrected chi connectivity index (χ3v) is 2.99. The highest BCUT2D eigenvalue weighted by molar-refractivity contribution is 5.90. The van der Waals surface area contributed by atoms with E-state index in [0.29, 0.717) is 30.2 Å². The summed E-state index contributed by atoms with van der Waals surface area (Å²) in [7, 11) is 1.35. The molecule has 0 atom stereocenters. The van der Waals surface area contributed by atoms with Crippen molar-refractivity contribution in [2.75, 3.05) is 19.0 Å². The number of aryl methyl sites for hydroxylation is 1. The van der Waals surface area contributed by atoms with Crippen molar-refractivity contribution < 1.29 is 18.7 Å². The summed E-state index contributed by atoms with van der Waals surface area (Å²) < 4.78 is 15.7. The lowest BCUT2D eigenvalue weighted by Crippen LogP contribution is -2.01. The van der Waals surface area contributed by atoms with Gasteiger partial charge in [0.05, 0.1) is 20.3 Å². The Morgan fingerprint density at radius 3 is 2.86 bits per heavy atom. The zero-order chi connectivity index (χ0) is 15.2. The Kier molecular flexibility index (Phi) is 4.87. The molecule has 5 nitrogen and oxygen atoms in total. The number of hydrogen-bond acceptors (Lipinski definition) is 5. The van der Waals surface area contributed by atoms with Gasteiger partial charge in [-0.2, -0.15) is 0 Å². The molecule has 0 saturated carbocycles. The minimum Gasteiger partial charge on any atom is -0.494 e. The summed E-state index contributed by atoms with van der Waals surface area (Å²) in [4.78, 5) is 11.5. The highest BCUT2D eigenvalue weighted by Gasteiger charge is 2.15. The average molecular weight is 289 g/mol. The predicted molar refractivity (Wildman–Crippen MR) is 79.7 cm³/mol. The van der Waals surface area contributed by atoms with Gasteiger partial charge in [-0.05, 0) is 32.0 Å². The summed E-state index contributed by atoms with van der Waals surface area (Å²) in [5, 5.41) is 3.23. The summed E-state index contributed by atoms with van der Waals surface area (Å²) in [6, 6.07) is 9.38. The lowest BCUT2D eigenvalue weighted by molar-refractivity contribution is 0.0599. The monoisotopic (exact) mass is 289 g/mol. The molecule has 1 heterocycles. The molecule has 0 aliphatic heterocycles. The number of esters is 1. The van der Waals surface area contributed by atoms with Crippen molar-refractivity contribution in [3.05, 3.63) is 47.4 Å². The smallest absolute Gasteiger partial charge is 0.341 e. The lowest BCUT2D eigenvalue weighted by atomic mass is 10.2. The SMILES string of the molecule is CCOc1cccc(NCc2cc(C(=O)OC)c(C)o2)c1. The van der Waals surface area contributed by atoms with Crippen molar-refractivity contribution in [1.82, 2.24) is 0 Å². The van der Waals surface area contributed by atoms with Gasteiger partial charge in [0.25, 0.3) is 0 Å². The Labute approximate surface area is 123 Å². The highest BCUT2D eigenvalue weighted by atomic mass is 16.5. The second-order valence-corrected chi connectivity index (χ2v) is 4.49. The van der Waals surface area contributed by atoms with Gasteiger partial charge in [-0.3, -0.25) is 0 Å². The van der Waals surface area contributed by atoms with Gasteiger partial charge in [-0.1, -0.05) is 6.07 Å². The first-order valence-corrected chi connectivity index (χ1v) is 6.78. The van der Waals surface area contributed by atoms with Gasteiger partial charge in [0.15, 0.2) is 0 Å². The van der Waals surface area contributed by atoms with Crippen LogP contribution in [-0.2, 0) is 11.3 Å².